The first-order valence-corrected chi connectivity index (χ1v) is 9.25. The van der Waals surface area contributed by atoms with E-state index in [1.165, 1.54) is 24.8 Å². The Labute approximate surface area is 110 Å². The van der Waals surface area contributed by atoms with E-state index in [-0.39, 0.29) is 5.54 Å². The van der Waals surface area contributed by atoms with E-state index in [4.69, 9.17) is 0 Å². The third-order valence-electron chi connectivity index (χ3n) is 4.07. The maximum atomic E-state index is 11.0. The van der Waals surface area contributed by atoms with E-state index >= 15 is 0 Å². The quantitative estimate of drug-likeness (QED) is 0.733. The average molecular weight is 265 g/mol. The van der Waals surface area contributed by atoms with Gasteiger partial charge in [-0.1, -0.05) is 42.5 Å². The highest BCUT2D eigenvalue weighted by molar-refractivity contribution is 6.74. The van der Waals surface area contributed by atoms with Crippen molar-refractivity contribution in [1.82, 2.24) is 5.32 Å². The van der Waals surface area contributed by atoms with Crippen molar-refractivity contribution in [2.24, 2.45) is 0 Å². The molecule has 18 heavy (non-hydrogen) atoms. The number of hydrogen-bond donors (Lipinski definition) is 3. The van der Waals surface area contributed by atoms with Crippen LogP contribution in [0.25, 0.3) is 0 Å². The molecule has 3 nitrogen and oxygen atoms in total. The third-order valence-corrected chi connectivity index (χ3v) is 8.35. The molecular formula is C14H23NO2Si-. The fourth-order valence-electron chi connectivity index (χ4n) is 3.04. The van der Waals surface area contributed by atoms with Crippen LogP contribution in [0.5, 0.6) is 5.75 Å². The van der Waals surface area contributed by atoms with Crippen molar-refractivity contribution in [2.45, 2.75) is 36.9 Å². The first kappa shape index (κ1) is 13.6. The van der Waals surface area contributed by atoms with Gasteiger partial charge in [0.1, 0.15) is 5.75 Å². The summed E-state index contributed by atoms with van der Waals surface area (Å²) in [6.07, 6.45) is 3.60. The molecule has 0 aliphatic carbocycles. The Kier molecular flexibility index (Phi) is 4.43. The number of hydrogen-bond acceptors (Lipinski definition) is 3. The molecule has 3 N–H and O–H groups in total. The summed E-state index contributed by atoms with van der Waals surface area (Å²) >= 11 is 0. The highest BCUT2D eigenvalue weighted by Gasteiger charge is 2.30. The maximum Gasteiger partial charge on any atom is 0.115 e. The van der Waals surface area contributed by atoms with Gasteiger partial charge in [-0.25, -0.2) is 0 Å². The van der Waals surface area contributed by atoms with Crippen LogP contribution in [0.4, 0.5) is 0 Å². The van der Waals surface area contributed by atoms with Gasteiger partial charge in [0.2, 0.25) is 0 Å². The molecule has 0 saturated carbocycles. The zero-order valence-corrected chi connectivity index (χ0v) is 12.0. The Balaban J connectivity index is 2.23. The fourth-order valence-corrected chi connectivity index (χ4v) is 7.11. The number of phenolic OH excluding ortho intramolecular Hbond substituents is 1. The molecule has 2 rings (SSSR count). The topological polar surface area (TPSA) is 52.5 Å². The number of nitrogens with one attached hydrogen (secondary N) is 1. The van der Waals surface area contributed by atoms with Gasteiger partial charge in [0.15, 0.2) is 0 Å². The van der Waals surface area contributed by atoms with Gasteiger partial charge < -0.3 is 15.2 Å². The zero-order valence-electron chi connectivity index (χ0n) is 11.0. The second-order valence-electron chi connectivity index (χ2n) is 5.37. The van der Waals surface area contributed by atoms with Crippen LogP contribution in [0.1, 0.15) is 30.4 Å². The lowest BCUT2D eigenvalue weighted by Gasteiger charge is -2.48. The van der Waals surface area contributed by atoms with Crippen LogP contribution < -0.4 is 5.32 Å². The predicted octanol–water partition coefficient (Wildman–Crippen LogP) is 2.36. The molecule has 1 unspecified atom stereocenters. The summed E-state index contributed by atoms with van der Waals surface area (Å²) in [5.41, 5.74) is 1.40. The summed E-state index contributed by atoms with van der Waals surface area (Å²) in [4.78, 5) is 11.0. The summed E-state index contributed by atoms with van der Waals surface area (Å²) in [6.45, 7) is 0.827. The van der Waals surface area contributed by atoms with Crippen LogP contribution in [-0.2, 0) is 0 Å². The monoisotopic (exact) mass is 265 g/mol. The number of aromatic hydroxyl groups is 1. The SMILES string of the molecule is CNCC(c1ccc(O)cc1)[Si-]1(O)CCCCC1. The summed E-state index contributed by atoms with van der Waals surface area (Å²) in [5, 5.41) is 12.6. The fraction of sp³-hybridized carbons (Fsp3) is 0.571. The van der Waals surface area contributed by atoms with Gasteiger partial charge in [0.05, 0.1) is 0 Å². The smallest absolute Gasteiger partial charge is 0.115 e. The Morgan fingerprint density at radius 2 is 1.78 bits per heavy atom. The molecule has 101 valence electrons. The standard InChI is InChI=1S/C14H23NO2Si/c1-15-11-14(12-5-7-13(16)8-6-12)18(17)9-3-2-4-10-18/h5-8,14-17H,2-4,9-11H2,1H3/q-1. The van der Waals surface area contributed by atoms with Crippen molar-refractivity contribution >= 4 is 8.32 Å². The van der Waals surface area contributed by atoms with Gasteiger partial charge >= 0.3 is 0 Å². The Bertz CT molecular complexity index is 374. The van der Waals surface area contributed by atoms with Gasteiger partial charge in [-0.3, -0.25) is 0 Å². The summed E-state index contributed by atoms with van der Waals surface area (Å²) in [6, 6.07) is 9.38. The molecular weight excluding hydrogens is 242 g/mol. The maximum absolute atomic E-state index is 11.0. The van der Waals surface area contributed by atoms with Crippen LogP contribution in [0.15, 0.2) is 24.3 Å². The highest BCUT2D eigenvalue weighted by atomic mass is 28.4. The van der Waals surface area contributed by atoms with Crippen LogP contribution in [0.3, 0.4) is 0 Å². The average Bonchev–Trinajstić information content (AvgIpc) is 2.38. The van der Waals surface area contributed by atoms with Gasteiger partial charge in [-0.05, 0) is 34.0 Å². The molecule has 1 heterocycles. The number of likely N-dealkylation sites (N-methyl/N-ethyl adjacent to an activating group) is 1. The van der Waals surface area contributed by atoms with E-state index in [1.807, 2.05) is 19.2 Å². The number of benzene rings is 1. The molecule has 1 aromatic carbocycles. The first-order valence-electron chi connectivity index (χ1n) is 6.81. The number of phenols is 1. The molecule has 0 radical (unpaired) electrons. The minimum absolute atomic E-state index is 0.239. The molecule has 0 spiro atoms. The molecule has 0 bridgehead atoms. The van der Waals surface area contributed by atoms with Crippen molar-refractivity contribution in [3.05, 3.63) is 29.8 Å². The van der Waals surface area contributed by atoms with E-state index in [2.05, 4.69) is 5.32 Å². The molecule has 1 aliphatic rings. The van der Waals surface area contributed by atoms with Crippen molar-refractivity contribution in [2.75, 3.05) is 13.6 Å². The summed E-state index contributed by atoms with van der Waals surface area (Å²) in [5.74, 6) is 0.291. The lowest BCUT2D eigenvalue weighted by Crippen LogP contribution is -2.47. The van der Waals surface area contributed by atoms with Crippen molar-refractivity contribution in [1.29, 1.82) is 0 Å². The van der Waals surface area contributed by atoms with Gasteiger partial charge in [0.25, 0.3) is 0 Å². The zero-order chi connectivity index (χ0) is 13.0. The normalized spacial score (nSPS) is 20.6. The number of rotatable bonds is 4. The minimum Gasteiger partial charge on any atom is -0.579 e. The Morgan fingerprint density at radius 3 is 2.33 bits per heavy atom. The molecule has 4 heteroatoms. The highest BCUT2D eigenvalue weighted by Crippen LogP contribution is 2.37. The van der Waals surface area contributed by atoms with E-state index in [0.29, 0.717) is 5.75 Å². The third kappa shape index (κ3) is 2.94. The van der Waals surface area contributed by atoms with E-state index in [9.17, 15) is 9.90 Å². The van der Waals surface area contributed by atoms with Crippen LogP contribution >= 0.6 is 0 Å². The Hall–Kier alpha value is -0.843. The predicted molar refractivity (Wildman–Crippen MR) is 76.2 cm³/mol. The molecule has 0 aromatic heterocycles. The second kappa shape index (κ2) is 5.86. The lowest BCUT2D eigenvalue weighted by molar-refractivity contribution is 0.463. The molecule has 1 saturated heterocycles. The molecule has 1 atom stereocenters. The van der Waals surface area contributed by atoms with Crippen LogP contribution in [0, 0.1) is 0 Å². The van der Waals surface area contributed by atoms with Gasteiger partial charge in [0, 0.05) is 0 Å². The summed E-state index contributed by atoms with van der Waals surface area (Å²) < 4.78 is 0. The molecule has 1 aromatic rings. The minimum atomic E-state index is -2.19. The van der Waals surface area contributed by atoms with Crippen molar-refractivity contribution in [3.8, 4) is 5.75 Å². The Morgan fingerprint density at radius 1 is 1.17 bits per heavy atom. The van der Waals surface area contributed by atoms with Crippen LogP contribution in [0.2, 0.25) is 12.1 Å². The first-order chi connectivity index (χ1) is 8.65. The lowest BCUT2D eigenvalue weighted by atomic mass is 10.1. The van der Waals surface area contributed by atoms with Crippen molar-refractivity contribution in [3.63, 3.8) is 0 Å². The van der Waals surface area contributed by atoms with Crippen LogP contribution in [-0.4, -0.2) is 31.8 Å². The molecule has 1 fully saturated rings. The van der Waals surface area contributed by atoms with E-state index < -0.39 is 8.32 Å². The van der Waals surface area contributed by atoms with E-state index in [0.717, 1.165) is 18.6 Å². The summed E-state index contributed by atoms with van der Waals surface area (Å²) in [7, 11) is -0.251. The molecule has 1 aliphatic heterocycles. The van der Waals surface area contributed by atoms with Gasteiger partial charge in [-0.15, -0.1) is 12.1 Å². The second-order valence-corrected chi connectivity index (χ2v) is 9.27. The van der Waals surface area contributed by atoms with Gasteiger partial charge in [-0.2, -0.15) is 0 Å². The van der Waals surface area contributed by atoms with Crippen molar-refractivity contribution < 1.29 is 9.90 Å². The molecule has 0 amide bonds. The largest absolute Gasteiger partial charge is 0.579 e. The van der Waals surface area contributed by atoms with E-state index in [1.54, 1.807) is 12.1 Å².